The smallest absolute Gasteiger partial charge is 0.306 e. The number of esters is 1. The predicted octanol–water partition coefficient (Wildman–Crippen LogP) is 13.3. The van der Waals surface area contributed by atoms with Gasteiger partial charge in [0.2, 0.25) is 0 Å². The summed E-state index contributed by atoms with van der Waals surface area (Å²) < 4.78 is 22.9. The van der Waals surface area contributed by atoms with Gasteiger partial charge in [0, 0.05) is 13.0 Å². The Bertz CT molecular complexity index is 1020. The SMILES string of the molecule is CCCCCC/C=C\C/C=C\CCCCCCCCCC(=O)OC(COCCCCCCCCCCCCCCCCCCCCCCCC)COC1OC(CO)C(O)C(O)C1O. The molecule has 1 heterocycles. The minimum absolute atomic E-state index is 0.112. The largest absolute Gasteiger partial charge is 0.457 e. The quantitative estimate of drug-likeness (QED) is 0.0267. The van der Waals surface area contributed by atoms with Crippen molar-refractivity contribution in [3.8, 4) is 0 Å². The molecule has 0 radical (unpaired) electrons. The normalized spacial score (nSPS) is 19.7. The molecule has 0 saturated carbocycles. The topological polar surface area (TPSA) is 135 Å². The standard InChI is InChI=1S/C54H102O9/c1-3-5-7-9-11-13-15-17-19-21-23-24-25-26-28-30-32-34-36-38-40-42-44-60-46-48(47-61-54-53(59)52(58)51(57)49(45-55)63-54)62-50(56)43-41-39-37-35-33-31-29-27-22-20-18-16-14-12-10-8-6-4-2/h14,16,20,22,48-49,51-55,57-59H,3-13,15,17-19,21,23-47H2,1-2H3/b16-14-,22-20-. The second-order valence-corrected chi connectivity index (χ2v) is 18.7. The highest BCUT2D eigenvalue weighted by Crippen LogP contribution is 2.23. The number of carbonyl (C=O) groups is 1. The van der Waals surface area contributed by atoms with Gasteiger partial charge < -0.3 is 39.4 Å². The Kier molecular flexibility index (Phi) is 43.4. The van der Waals surface area contributed by atoms with Crippen molar-refractivity contribution in [3.05, 3.63) is 24.3 Å². The fourth-order valence-electron chi connectivity index (χ4n) is 8.41. The lowest BCUT2D eigenvalue weighted by Crippen LogP contribution is -2.59. The molecule has 6 atom stereocenters. The van der Waals surface area contributed by atoms with Gasteiger partial charge in [0.05, 0.1) is 19.8 Å². The number of aliphatic hydroxyl groups is 4. The molecule has 9 nitrogen and oxygen atoms in total. The van der Waals surface area contributed by atoms with Crippen molar-refractivity contribution in [3.63, 3.8) is 0 Å². The third kappa shape index (κ3) is 36.5. The minimum Gasteiger partial charge on any atom is -0.457 e. The van der Waals surface area contributed by atoms with Crippen LogP contribution in [0, 0.1) is 0 Å². The van der Waals surface area contributed by atoms with Crippen LogP contribution in [0.3, 0.4) is 0 Å². The molecule has 0 aromatic heterocycles. The molecule has 0 aromatic rings. The van der Waals surface area contributed by atoms with E-state index in [4.69, 9.17) is 18.9 Å². The minimum atomic E-state index is -1.54. The van der Waals surface area contributed by atoms with E-state index in [0.29, 0.717) is 13.0 Å². The van der Waals surface area contributed by atoms with E-state index in [1.54, 1.807) is 0 Å². The Hall–Kier alpha value is -1.33. The number of hydrogen-bond acceptors (Lipinski definition) is 9. The van der Waals surface area contributed by atoms with Gasteiger partial charge in [0.15, 0.2) is 6.29 Å². The first-order valence-electron chi connectivity index (χ1n) is 26.9. The van der Waals surface area contributed by atoms with E-state index >= 15 is 0 Å². The van der Waals surface area contributed by atoms with Gasteiger partial charge in [0.1, 0.15) is 30.5 Å². The number of unbranched alkanes of at least 4 members (excludes halogenated alkanes) is 32. The van der Waals surface area contributed by atoms with E-state index in [1.165, 1.54) is 186 Å². The van der Waals surface area contributed by atoms with Gasteiger partial charge in [-0.1, -0.05) is 224 Å². The molecule has 1 saturated heterocycles. The van der Waals surface area contributed by atoms with Crippen LogP contribution in [-0.2, 0) is 23.7 Å². The van der Waals surface area contributed by atoms with Crippen LogP contribution >= 0.6 is 0 Å². The van der Waals surface area contributed by atoms with E-state index in [0.717, 1.165) is 44.9 Å². The summed E-state index contributed by atoms with van der Waals surface area (Å²) in [5, 5.41) is 40.3. The molecule has 0 aromatic carbocycles. The lowest BCUT2D eigenvalue weighted by molar-refractivity contribution is -0.305. The number of aliphatic hydroxyl groups excluding tert-OH is 4. The van der Waals surface area contributed by atoms with Gasteiger partial charge in [-0.3, -0.25) is 4.79 Å². The molecule has 1 fully saturated rings. The molecule has 63 heavy (non-hydrogen) atoms. The maximum Gasteiger partial charge on any atom is 0.306 e. The van der Waals surface area contributed by atoms with Crippen molar-refractivity contribution in [2.24, 2.45) is 0 Å². The van der Waals surface area contributed by atoms with Crippen LogP contribution < -0.4 is 0 Å². The summed E-state index contributed by atoms with van der Waals surface area (Å²) in [6, 6.07) is 0. The first-order valence-corrected chi connectivity index (χ1v) is 26.9. The highest BCUT2D eigenvalue weighted by atomic mass is 16.7. The maximum absolute atomic E-state index is 12.8. The first-order chi connectivity index (χ1) is 30.9. The van der Waals surface area contributed by atoms with Crippen LogP contribution in [-0.4, -0.2) is 89.6 Å². The summed E-state index contributed by atoms with van der Waals surface area (Å²) in [5.41, 5.74) is 0. The summed E-state index contributed by atoms with van der Waals surface area (Å²) in [6.45, 7) is 4.58. The average Bonchev–Trinajstić information content (AvgIpc) is 3.28. The van der Waals surface area contributed by atoms with E-state index < -0.39 is 43.4 Å². The van der Waals surface area contributed by atoms with Gasteiger partial charge in [-0.25, -0.2) is 0 Å². The molecule has 1 rings (SSSR count). The highest BCUT2D eigenvalue weighted by molar-refractivity contribution is 5.69. The third-order valence-electron chi connectivity index (χ3n) is 12.6. The van der Waals surface area contributed by atoms with Crippen molar-refractivity contribution >= 4 is 5.97 Å². The summed E-state index contributed by atoms with van der Waals surface area (Å²) in [5.74, 6) is -0.316. The third-order valence-corrected chi connectivity index (χ3v) is 12.6. The molecule has 9 heteroatoms. The number of ether oxygens (including phenoxy) is 4. The lowest BCUT2D eigenvalue weighted by Gasteiger charge is -2.39. The Morgan fingerprint density at radius 1 is 0.508 bits per heavy atom. The second-order valence-electron chi connectivity index (χ2n) is 18.7. The van der Waals surface area contributed by atoms with Crippen molar-refractivity contribution in [1.29, 1.82) is 0 Å². The second kappa shape index (κ2) is 45.8. The molecule has 6 unspecified atom stereocenters. The Morgan fingerprint density at radius 3 is 1.38 bits per heavy atom. The molecule has 1 aliphatic heterocycles. The monoisotopic (exact) mass is 895 g/mol. The van der Waals surface area contributed by atoms with E-state index in [1.807, 2.05) is 0 Å². The summed E-state index contributed by atoms with van der Waals surface area (Å²) in [6.07, 6.45) is 47.9. The van der Waals surface area contributed by atoms with E-state index in [-0.39, 0.29) is 19.2 Å². The zero-order chi connectivity index (χ0) is 45.7. The van der Waals surface area contributed by atoms with Crippen molar-refractivity contribution < 1.29 is 44.2 Å². The Morgan fingerprint density at radius 2 is 0.921 bits per heavy atom. The predicted molar refractivity (Wildman–Crippen MR) is 261 cm³/mol. The van der Waals surface area contributed by atoms with Gasteiger partial charge in [-0.05, 0) is 44.9 Å². The van der Waals surface area contributed by atoms with Crippen molar-refractivity contribution in [2.75, 3.05) is 26.4 Å². The molecular weight excluding hydrogens is 793 g/mol. The van der Waals surface area contributed by atoms with Crippen LogP contribution in [0.15, 0.2) is 24.3 Å². The fraction of sp³-hybridized carbons (Fsp3) is 0.907. The van der Waals surface area contributed by atoms with Crippen LogP contribution in [0.4, 0.5) is 0 Å². The molecule has 0 aliphatic carbocycles. The summed E-state index contributed by atoms with van der Waals surface area (Å²) in [4.78, 5) is 12.8. The van der Waals surface area contributed by atoms with Gasteiger partial charge in [-0.2, -0.15) is 0 Å². The van der Waals surface area contributed by atoms with Gasteiger partial charge in [-0.15, -0.1) is 0 Å². The van der Waals surface area contributed by atoms with E-state index in [9.17, 15) is 25.2 Å². The molecule has 4 N–H and O–H groups in total. The van der Waals surface area contributed by atoms with Crippen molar-refractivity contribution in [1.82, 2.24) is 0 Å². The fourth-order valence-corrected chi connectivity index (χ4v) is 8.41. The molecule has 0 amide bonds. The maximum atomic E-state index is 12.8. The molecule has 1 aliphatic rings. The number of rotatable bonds is 47. The van der Waals surface area contributed by atoms with Crippen LogP contribution in [0.5, 0.6) is 0 Å². The number of hydrogen-bond donors (Lipinski definition) is 4. The summed E-state index contributed by atoms with van der Waals surface area (Å²) in [7, 11) is 0. The number of allylic oxidation sites excluding steroid dienone is 4. The average molecular weight is 895 g/mol. The van der Waals surface area contributed by atoms with Crippen LogP contribution in [0.1, 0.15) is 251 Å². The highest BCUT2D eigenvalue weighted by Gasteiger charge is 2.44. The zero-order valence-corrected chi connectivity index (χ0v) is 41.1. The molecule has 0 spiro atoms. The first kappa shape index (κ1) is 59.7. The molecule has 0 bridgehead atoms. The van der Waals surface area contributed by atoms with Gasteiger partial charge in [0.25, 0.3) is 0 Å². The number of carbonyl (C=O) groups excluding carboxylic acids is 1. The van der Waals surface area contributed by atoms with Gasteiger partial charge >= 0.3 is 5.97 Å². The van der Waals surface area contributed by atoms with E-state index in [2.05, 4.69) is 38.2 Å². The lowest BCUT2D eigenvalue weighted by atomic mass is 9.99. The van der Waals surface area contributed by atoms with Crippen molar-refractivity contribution in [2.45, 2.75) is 288 Å². The summed E-state index contributed by atoms with van der Waals surface area (Å²) >= 11 is 0. The molecule has 372 valence electrons. The van der Waals surface area contributed by atoms with Crippen LogP contribution in [0.2, 0.25) is 0 Å². The van der Waals surface area contributed by atoms with Crippen LogP contribution in [0.25, 0.3) is 0 Å². The Balaban J connectivity index is 2.17. The zero-order valence-electron chi connectivity index (χ0n) is 41.1. The Labute approximate surface area is 387 Å². The molecular formula is C54H102O9.